The summed E-state index contributed by atoms with van der Waals surface area (Å²) in [5, 5.41) is 0. The minimum absolute atomic E-state index is 0.162. The number of amides is 1. The summed E-state index contributed by atoms with van der Waals surface area (Å²) in [6, 6.07) is 10.4. The van der Waals surface area contributed by atoms with Crippen molar-refractivity contribution in [2.75, 3.05) is 32.7 Å². The van der Waals surface area contributed by atoms with E-state index in [0.29, 0.717) is 24.4 Å². The molecule has 7 heteroatoms. The minimum atomic E-state index is 0.162. The number of hydrogen-bond donors (Lipinski definition) is 0. The van der Waals surface area contributed by atoms with Crippen LogP contribution in [0.1, 0.15) is 36.8 Å². The summed E-state index contributed by atoms with van der Waals surface area (Å²) in [4.78, 5) is 25.3. The molecule has 0 aliphatic carbocycles. The lowest BCUT2D eigenvalue weighted by Gasteiger charge is -2.37. The van der Waals surface area contributed by atoms with Gasteiger partial charge in [0, 0.05) is 69.6 Å². The molecule has 1 amide bonds. The number of benzene rings is 1. The normalized spacial score (nSPS) is 22.7. The van der Waals surface area contributed by atoms with Gasteiger partial charge in [-0.2, -0.15) is 0 Å². The number of aromatic nitrogens is 1. The SMILES string of the molecule is O=C1CCCN1C1CCN(C[C@@H]2Cc3ccc(Oc4ccc(C5=CC=NC5)cn4)cc3O2)CC1. The summed E-state index contributed by atoms with van der Waals surface area (Å²) >= 11 is 0. The van der Waals surface area contributed by atoms with Crippen molar-refractivity contribution >= 4 is 17.7 Å². The molecule has 4 aliphatic rings. The molecule has 176 valence electrons. The van der Waals surface area contributed by atoms with E-state index in [1.165, 1.54) is 11.1 Å². The average Bonchev–Trinajstić information content (AvgIpc) is 3.61. The first-order chi connectivity index (χ1) is 16.7. The largest absolute Gasteiger partial charge is 0.488 e. The highest BCUT2D eigenvalue weighted by Crippen LogP contribution is 2.34. The number of hydrogen-bond acceptors (Lipinski definition) is 6. The molecule has 7 nitrogen and oxygen atoms in total. The van der Waals surface area contributed by atoms with Crippen molar-refractivity contribution in [1.29, 1.82) is 0 Å². The number of carbonyl (C=O) groups is 1. The molecule has 5 heterocycles. The standard InChI is InChI=1S/C27H30N4O3/c32-27-2-1-11-31(27)22-8-12-30(13-9-22)18-24-14-19-3-5-23(15-25(19)33-24)34-26-6-4-20(17-29-26)21-7-10-28-16-21/h3-7,10,15,17,22,24H,1-2,8-9,11-14,16,18H2/t24-/m0/s1. The predicted octanol–water partition coefficient (Wildman–Crippen LogP) is 3.73. The lowest BCUT2D eigenvalue weighted by Crippen LogP contribution is -2.47. The van der Waals surface area contributed by atoms with E-state index < -0.39 is 0 Å². The summed E-state index contributed by atoms with van der Waals surface area (Å²) in [6.07, 6.45) is 10.7. The van der Waals surface area contributed by atoms with Crippen LogP contribution in [0, 0.1) is 0 Å². The van der Waals surface area contributed by atoms with Crippen LogP contribution in [-0.4, -0.2) is 71.8 Å². The van der Waals surface area contributed by atoms with E-state index in [-0.39, 0.29) is 6.10 Å². The van der Waals surface area contributed by atoms with Crippen LogP contribution in [0.25, 0.3) is 5.57 Å². The summed E-state index contributed by atoms with van der Waals surface area (Å²) in [5.74, 6) is 2.55. The van der Waals surface area contributed by atoms with Crippen LogP contribution in [0.5, 0.6) is 17.4 Å². The zero-order valence-electron chi connectivity index (χ0n) is 19.4. The maximum absolute atomic E-state index is 12.0. The molecule has 2 saturated heterocycles. The third-order valence-electron chi connectivity index (χ3n) is 7.32. The van der Waals surface area contributed by atoms with Crippen LogP contribution in [0.3, 0.4) is 0 Å². The van der Waals surface area contributed by atoms with Gasteiger partial charge in [-0.3, -0.25) is 14.7 Å². The van der Waals surface area contributed by atoms with Gasteiger partial charge in [0.2, 0.25) is 11.8 Å². The first-order valence-electron chi connectivity index (χ1n) is 12.4. The third kappa shape index (κ3) is 4.44. The van der Waals surface area contributed by atoms with Gasteiger partial charge < -0.3 is 14.4 Å². The molecular formula is C27H30N4O3. The second-order valence-corrected chi connectivity index (χ2v) is 9.60. The number of aliphatic imine (C=N–C) groups is 1. The van der Waals surface area contributed by atoms with E-state index in [1.54, 1.807) is 0 Å². The number of fused-ring (bicyclic) bond motifs is 1. The van der Waals surface area contributed by atoms with Gasteiger partial charge in [-0.25, -0.2) is 4.98 Å². The van der Waals surface area contributed by atoms with E-state index in [0.717, 1.165) is 75.3 Å². The molecule has 0 bridgehead atoms. The molecule has 0 radical (unpaired) electrons. The fourth-order valence-electron chi connectivity index (χ4n) is 5.49. The molecule has 1 aromatic carbocycles. The Morgan fingerprint density at radius 1 is 1.12 bits per heavy atom. The number of allylic oxidation sites excluding steroid dienone is 1. The van der Waals surface area contributed by atoms with Gasteiger partial charge in [-0.1, -0.05) is 6.07 Å². The molecule has 0 unspecified atom stereocenters. The van der Waals surface area contributed by atoms with Crippen LogP contribution < -0.4 is 9.47 Å². The van der Waals surface area contributed by atoms with Gasteiger partial charge in [-0.15, -0.1) is 0 Å². The lowest BCUT2D eigenvalue weighted by molar-refractivity contribution is -0.130. The summed E-state index contributed by atoms with van der Waals surface area (Å²) < 4.78 is 12.3. The monoisotopic (exact) mass is 458 g/mol. The number of ether oxygens (including phenoxy) is 2. The Balaban J connectivity index is 1.02. The molecule has 4 aliphatic heterocycles. The Morgan fingerprint density at radius 3 is 2.76 bits per heavy atom. The smallest absolute Gasteiger partial charge is 0.222 e. The number of rotatable bonds is 6. The highest BCUT2D eigenvalue weighted by atomic mass is 16.5. The van der Waals surface area contributed by atoms with Gasteiger partial charge in [-0.05, 0) is 54.2 Å². The van der Waals surface area contributed by atoms with E-state index >= 15 is 0 Å². The van der Waals surface area contributed by atoms with Crippen LogP contribution in [0.2, 0.25) is 0 Å². The highest BCUT2D eigenvalue weighted by Gasteiger charge is 2.32. The zero-order valence-corrected chi connectivity index (χ0v) is 19.4. The molecule has 0 spiro atoms. The number of pyridine rings is 1. The van der Waals surface area contributed by atoms with Crippen LogP contribution in [0.4, 0.5) is 0 Å². The van der Waals surface area contributed by atoms with Crippen molar-refractivity contribution < 1.29 is 14.3 Å². The van der Waals surface area contributed by atoms with Crippen molar-refractivity contribution in [3.05, 3.63) is 53.7 Å². The van der Waals surface area contributed by atoms with Gasteiger partial charge in [0.05, 0.1) is 6.54 Å². The summed E-state index contributed by atoms with van der Waals surface area (Å²) in [7, 11) is 0. The fraction of sp³-hybridized carbons (Fsp3) is 0.444. The Hall–Kier alpha value is -3.19. The van der Waals surface area contributed by atoms with Crippen LogP contribution in [-0.2, 0) is 11.2 Å². The molecule has 0 saturated carbocycles. The molecule has 2 fully saturated rings. The van der Waals surface area contributed by atoms with E-state index in [9.17, 15) is 4.79 Å². The molecule has 1 atom stereocenters. The Morgan fingerprint density at radius 2 is 2.03 bits per heavy atom. The second kappa shape index (κ2) is 9.22. The Labute approximate surface area is 200 Å². The van der Waals surface area contributed by atoms with E-state index in [4.69, 9.17) is 9.47 Å². The second-order valence-electron chi connectivity index (χ2n) is 9.60. The third-order valence-corrected chi connectivity index (χ3v) is 7.32. The van der Waals surface area contributed by atoms with Gasteiger partial charge in [0.25, 0.3) is 0 Å². The first kappa shape index (κ1) is 21.4. The number of likely N-dealkylation sites (tertiary alicyclic amines) is 2. The van der Waals surface area contributed by atoms with Crippen molar-refractivity contribution in [2.45, 2.75) is 44.2 Å². The number of nitrogens with zero attached hydrogens (tertiary/aromatic N) is 4. The van der Waals surface area contributed by atoms with E-state index in [2.05, 4.69) is 25.8 Å². The quantitative estimate of drug-likeness (QED) is 0.660. The topological polar surface area (TPSA) is 67.3 Å². The maximum atomic E-state index is 12.0. The summed E-state index contributed by atoms with van der Waals surface area (Å²) in [6.45, 7) is 4.64. The van der Waals surface area contributed by atoms with Gasteiger partial charge >= 0.3 is 0 Å². The number of carbonyl (C=O) groups excluding carboxylic acids is 1. The predicted molar refractivity (Wildman–Crippen MR) is 131 cm³/mol. The Kier molecular flexibility index (Phi) is 5.79. The summed E-state index contributed by atoms with van der Waals surface area (Å²) in [5.41, 5.74) is 3.47. The van der Waals surface area contributed by atoms with Gasteiger partial charge in [0.15, 0.2) is 0 Å². The van der Waals surface area contributed by atoms with Crippen molar-refractivity contribution in [3.63, 3.8) is 0 Å². The molecular weight excluding hydrogens is 428 g/mol. The van der Waals surface area contributed by atoms with Crippen molar-refractivity contribution in [2.24, 2.45) is 4.99 Å². The minimum Gasteiger partial charge on any atom is -0.488 e. The molecule has 0 N–H and O–H groups in total. The Bertz CT molecular complexity index is 1120. The van der Waals surface area contributed by atoms with Crippen LogP contribution >= 0.6 is 0 Å². The molecule has 2 aromatic rings. The number of piperidine rings is 1. The van der Waals surface area contributed by atoms with E-state index in [1.807, 2.05) is 42.8 Å². The van der Waals surface area contributed by atoms with Crippen LogP contribution in [0.15, 0.2) is 47.6 Å². The molecule has 1 aromatic heterocycles. The highest BCUT2D eigenvalue weighted by molar-refractivity contribution is 5.89. The maximum Gasteiger partial charge on any atom is 0.222 e. The average molecular weight is 459 g/mol. The van der Waals surface area contributed by atoms with Crippen molar-refractivity contribution in [1.82, 2.24) is 14.8 Å². The molecule has 34 heavy (non-hydrogen) atoms. The van der Waals surface area contributed by atoms with Crippen molar-refractivity contribution in [3.8, 4) is 17.4 Å². The first-order valence-corrected chi connectivity index (χ1v) is 12.4. The lowest BCUT2D eigenvalue weighted by atomic mass is 10.0. The fourth-order valence-corrected chi connectivity index (χ4v) is 5.49. The zero-order chi connectivity index (χ0) is 22.9. The van der Waals surface area contributed by atoms with Gasteiger partial charge in [0.1, 0.15) is 17.6 Å². The molecule has 6 rings (SSSR count).